The number of para-hydroxylation sites is 1. The predicted octanol–water partition coefficient (Wildman–Crippen LogP) is 3.11. The summed E-state index contributed by atoms with van der Waals surface area (Å²) in [4.78, 5) is 23.8. The van der Waals surface area contributed by atoms with Crippen LogP contribution in [0.1, 0.15) is 30.6 Å². The largest absolute Gasteiger partial charge is 0.457 e. The number of hydrogen-bond acceptors (Lipinski definition) is 3. The third-order valence-electron chi connectivity index (χ3n) is 3.90. The van der Waals surface area contributed by atoms with E-state index in [0.29, 0.717) is 11.3 Å². The topological polar surface area (TPSA) is 81.4 Å². The van der Waals surface area contributed by atoms with E-state index in [1.54, 1.807) is 24.3 Å². The van der Waals surface area contributed by atoms with Gasteiger partial charge in [0.1, 0.15) is 17.5 Å². The van der Waals surface area contributed by atoms with Gasteiger partial charge in [0.25, 0.3) is 5.91 Å². The second kappa shape index (κ2) is 8.15. The van der Waals surface area contributed by atoms with Crippen LogP contribution in [-0.2, 0) is 4.79 Å². The molecule has 0 heterocycles. The summed E-state index contributed by atoms with van der Waals surface area (Å²) in [6.45, 7) is 3.83. The molecule has 2 aromatic carbocycles. The third-order valence-corrected chi connectivity index (χ3v) is 3.90. The van der Waals surface area contributed by atoms with E-state index in [1.165, 1.54) is 0 Å². The van der Waals surface area contributed by atoms with Crippen molar-refractivity contribution in [1.29, 1.82) is 0 Å². The lowest BCUT2D eigenvalue weighted by Gasteiger charge is -2.21. The summed E-state index contributed by atoms with van der Waals surface area (Å²) < 4.78 is 5.68. The molecule has 0 bridgehead atoms. The van der Waals surface area contributed by atoms with Crippen molar-refractivity contribution in [1.82, 2.24) is 5.32 Å². The van der Waals surface area contributed by atoms with Crippen molar-refractivity contribution in [3.8, 4) is 11.5 Å². The van der Waals surface area contributed by atoms with Crippen LogP contribution in [-0.4, -0.2) is 17.9 Å². The van der Waals surface area contributed by atoms with E-state index in [-0.39, 0.29) is 11.8 Å². The molecule has 0 aliphatic carbocycles. The van der Waals surface area contributed by atoms with Crippen LogP contribution in [0.2, 0.25) is 0 Å². The van der Waals surface area contributed by atoms with Gasteiger partial charge in [-0.25, -0.2) is 0 Å². The summed E-state index contributed by atoms with van der Waals surface area (Å²) in [5, 5.41) is 2.70. The van der Waals surface area contributed by atoms with Crippen LogP contribution in [0.25, 0.3) is 0 Å². The Morgan fingerprint density at radius 1 is 1.04 bits per heavy atom. The number of ether oxygens (including phenoxy) is 1. The fourth-order valence-corrected chi connectivity index (χ4v) is 2.25. The number of carbonyl (C=O) groups is 2. The van der Waals surface area contributed by atoms with E-state index in [9.17, 15) is 9.59 Å². The Labute approximate surface area is 141 Å². The molecule has 5 nitrogen and oxygen atoms in total. The minimum Gasteiger partial charge on any atom is -0.457 e. The standard InChI is InChI=1S/C19H22N2O3/c1-3-13(2)17(18(20)22)21-19(23)14-9-11-16(12-10-14)24-15-7-5-4-6-8-15/h4-13,17H,3H2,1-2H3,(H2,20,22)(H,21,23). The highest BCUT2D eigenvalue weighted by atomic mass is 16.5. The summed E-state index contributed by atoms with van der Waals surface area (Å²) in [6.07, 6.45) is 0.748. The van der Waals surface area contributed by atoms with Crippen molar-refractivity contribution >= 4 is 11.8 Å². The monoisotopic (exact) mass is 326 g/mol. The molecule has 2 aromatic rings. The minimum absolute atomic E-state index is 0.0212. The first-order chi connectivity index (χ1) is 11.5. The maximum absolute atomic E-state index is 12.3. The number of carbonyl (C=O) groups excluding carboxylic acids is 2. The van der Waals surface area contributed by atoms with Gasteiger partial charge in [-0.15, -0.1) is 0 Å². The number of nitrogens with two attached hydrogens (primary N) is 1. The molecule has 3 N–H and O–H groups in total. The lowest BCUT2D eigenvalue weighted by molar-refractivity contribution is -0.120. The van der Waals surface area contributed by atoms with Crippen molar-refractivity contribution in [3.05, 3.63) is 60.2 Å². The molecule has 2 rings (SSSR count). The van der Waals surface area contributed by atoms with E-state index in [4.69, 9.17) is 10.5 Å². The summed E-state index contributed by atoms with van der Waals surface area (Å²) in [6, 6.07) is 15.4. The molecule has 2 amide bonds. The number of hydrogen-bond donors (Lipinski definition) is 2. The maximum atomic E-state index is 12.3. The Kier molecular flexibility index (Phi) is 5.95. The van der Waals surface area contributed by atoms with Crippen molar-refractivity contribution in [2.24, 2.45) is 11.7 Å². The maximum Gasteiger partial charge on any atom is 0.251 e. The average molecular weight is 326 g/mol. The molecular formula is C19H22N2O3. The van der Waals surface area contributed by atoms with Gasteiger partial charge in [0.2, 0.25) is 5.91 Å². The van der Waals surface area contributed by atoms with Crippen molar-refractivity contribution in [3.63, 3.8) is 0 Å². The second-order valence-corrected chi connectivity index (χ2v) is 5.68. The summed E-state index contributed by atoms with van der Waals surface area (Å²) in [5.74, 6) is 0.477. The van der Waals surface area contributed by atoms with E-state index in [0.717, 1.165) is 12.2 Å². The SMILES string of the molecule is CCC(C)C(NC(=O)c1ccc(Oc2ccccc2)cc1)C(N)=O. The zero-order chi connectivity index (χ0) is 17.5. The van der Waals surface area contributed by atoms with E-state index >= 15 is 0 Å². The molecule has 2 atom stereocenters. The molecule has 5 heteroatoms. The smallest absolute Gasteiger partial charge is 0.251 e. The molecule has 2 unspecified atom stereocenters. The summed E-state index contributed by atoms with van der Waals surface area (Å²) in [7, 11) is 0. The summed E-state index contributed by atoms with van der Waals surface area (Å²) in [5.41, 5.74) is 5.82. The van der Waals surface area contributed by atoms with Crippen molar-refractivity contribution < 1.29 is 14.3 Å². The van der Waals surface area contributed by atoms with Crippen LogP contribution in [0.3, 0.4) is 0 Å². The van der Waals surface area contributed by atoms with Gasteiger partial charge in [0.15, 0.2) is 0 Å². The Hall–Kier alpha value is -2.82. The first-order valence-electron chi connectivity index (χ1n) is 7.94. The molecule has 0 fully saturated rings. The molecule has 0 saturated carbocycles. The van der Waals surface area contributed by atoms with Gasteiger partial charge in [-0.05, 0) is 42.3 Å². The van der Waals surface area contributed by atoms with Crippen LogP contribution < -0.4 is 15.8 Å². The Morgan fingerprint density at radius 2 is 1.62 bits per heavy atom. The molecule has 0 aromatic heterocycles. The molecule has 126 valence electrons. The molecular weight excluding hydrogens is 304 g/mol. The van der Waals surface area contributed by atoms with Gasteiger partial charge in [0.05, 0.1) is 0 Å². The van der Waals surface area contributed by atoms with Crippen LogP contribution in [0.4, 0.5) is 0 Å². The number of benzene rings is 2. The first-order valence-corrected chi connectivity index (χ1v) is 7.94. The number of amides is 2. The van der Waals surface area contributed by atoms with Gasteiger partial charge >= 0.3 is 0 Å². The second-order valence-electron chi connectivity index (χ2n) is 5.68. The highest BCUT2D eigenvalue weighted by molar-refractivity contribution is 5.97. The van der Waals surface area contributed by atoms with Gasteiger partial charge in [-0.2, -0.15) is 0 Å². The quantitative estimate of drug-likeness (QED) is 0.820. The van der Waals surface area contributed by atoms with Crippen LogP contribution in [0.15, 0.2) is 54.6 Å². The fraction of sp³-hybridized carbons (Fsp3) is 0.263. The highest BCUT2D eigenvalue weighted by Crippen LogP contribution is 2.21. The molecule has 0 saturated heterocycles. The Balaban J connectivity index is 2.04. The predicted molar refractivity (Wildman–Crippen MR) is 92.9 cm³/mol. The van der Waals surface area contributed by atoms with Gasteiger partial charge in [-0.1, -0.05) is 38.5 Å². The number of nitrogens with one attached hydrogen (secondary N) is 1. The number of primary amides is 1. The molecule has 0 radical (unpaired) electrons. The third kappa shape index (κ3) is 4.59. The van der Waals surface area contributed by atoms with Gasteiger partial charge in [0, 0.05) is 5.56 Å². The Morgan fingerprint density at radius 3 is 2.17 bits per heavy atom. The Bertz CT molecular complexity index is 684. The van der Waals surface area contributed by atoms with E-state index < -0.39 is 11.9 Å². The van der Waals surface area contributed by atoms with Crippen LogP contribution in [0, 0.1) is 5.92 Å². The van der Waals surface area contributed by atoms with E-state index in [1.807, 2.05) is 44.2 Å². The first kappa shape index (κ1) is 17.5. The number of rotatable bonds is 7. The lowest BCUT2D eigenvalue weighted by Crippen LogP contribution is -2.48. The lowest BCUT2D eigenvalue weighted by atomic mass is 9.98. The zero-order valence-corrected chi connectivity index (χ0v) is 13.9. The van der Waals surface area contributed by atoms with Crippen molar-refractivity contribution in [2.75, 3.05) is 0 Å². The molecule has 0 aliphatic rings. The minimum atomic E-state index is -0.678. The zero-order valence-electron chi connectivity index (χ0n) is 13.9. The van der Waals surface area contributed by atoms with Gasteiger partial charge in [-0.3, -0.25) is 9.59 Å². The summed E-state index contributed by atoms with van der Waals surface area (Å²) >= 11 is 0. The van der Waals surface area contributed by atoms with Crippen molar-refractivity contribution in [2.45, 2.75) is 26.3 Å². The molecule has 24 heavy (non-hydrogen) atoms. The molecule has 0 aliphatic heterocycles. The molecule has 0 spiro atoms. The van der Waals surface area contributed by atoms with Crippen LogP contribution in [0.5, 0.6) is 11.5 Å². The highest BCUT2D eigenvalue weighted by Gasteiger charge is 2.24. The van der Waals surface area contributed by atoms with Gasteiger partial charge < -0.3 is 15.8 Å². The van der Waals surface area contributed by atoms with E-state index in [2.05, 4.69) is 5.32 Å². The van der Waals surface area contributed by atoms with Crippen LogP contribution >= 0.6 is 0 Å². The average Bonchev–Trinajstić information content (AvgIpc) is 2.60. The fourth-order valence-electron chi connectivity index (χ4n) is 2.25. The normalized spacial score (nSPS) is 12.9.